The second-order valence-electron chi connectivity index (χ2n) is 7.14. The van der Waals surface area contributed by atoms with Gasteiger partial charge in [-0.2, -0.15) is 26.3 Å². The molecular formula is C18H30F6N4O6S2. The third-order valence-electron chi connectivity index (χ3n) is 3.75. The first-order valence-corrected chi connectivity index (χ1v) is 13.0. The molecule has 0 amide bonds. The summed E-state index contributed by atoms with van der Waals surface area (Å²) >= 11 is 0. The molecule has 0 bridgehead atoms. The fraction of sp³-hybridized carbons (Fsp3) is 0.667. The zero-order valence-electron chi connectivity index (χ0n) is 20.0. The van der Waals surface area contributed by atoms with Crippen LogP contribution in [0.1, 0.15) is 39.5 Å². The second kappa shape index (κ2) is 15.8. The van der Waals surface area contributed by atoms with Crippen LogP contribution in [0.2, 0.25) is 0 Å². The molecule has 0 saturated carbocycles. The van der Waals surface area contributed by atoms with Gasteiger partial charge in [0.2, 0.25) is 12.7 Å². The molecule has 0 radical (unpaired) electrons. The Morgan fingerprint density at radius 1 is 0.694 bits per heavy atom. The van der Waals surface area contributed by atoms with E-state index in [-0.39, 0.29) is 0 Å². The van der Waals surface area contributed by atoms with Crippen molar-refractivity contribution in [1.29, 1.82) is 0 Å². The van der Waals surface area contributed by atoms with Crippen LogP contribution < -0.4 is 9.13 Å². The molecule has 0 saturated heterocycles. The largest absolute Gasteiger partial charge is 0.741 e. The Kier molecular flexibility index (Phi) is 15.8. The topological polar surface area (TPSA) is 132 Å². The standard InChI is InChI=1S/2C8H15N2.2CHF3O3S/c2*1-3-4-5-10-7-6-9(2)8-10;2*2-1(3,4)8(5,6)7/h2*6-8H,3-5H2,1-2H3;2*(H,5,6,7)/q2*+1;;/p-2. The summed E-state index contributed by atoms with van der Waals surface area (Å²) in [7, 11) is -8.09. The van der Waals surface area contributed by atoms with Gasteiger partial charge in [-0.25, -0.2) is 35.1 Å². The third kappa shape index (κ3) is 17.3. The van der Waals surface area contributed by atoms with E-state index in [1.807, 2.05) is 14.1 Å². The molecule has 0 aliphatic carbocycles. The first kappa shape index (κ1) is 36.0. The average molecular weight is 577 g/mol. The average Bonchev–Trinajstić information content (AvgIpc) is 3.31. The van der Waals surface area contributed by atoms with Crippen molar-refractivity contribution >= 4 is 20.2 Å². The Morgan fingerprint density at radius 3 is 1.08 bits per heavy atom. The fourth-order valence-corrected chi connectivity index (χ4v) is 1.95. The van der Waals surface area contributed by atoms with E-state index >= 15 is 0 Å². The normalized spacial score (nSPS) is 11.9. The highest BCUT2D eigenvalue weighted by molar-refractivity contribution is 7.86. The lowest BCUT2D eigenvalue weighted by Crippen LogP contribution is -2.23. The molecule has 0 unspecified atom stereocenters. The van der Waals surface area contributed by atoms with Gasteiger partial charge in [0.1, 0.15) is 24.8 Å². The maximum absolute atomic E-state index is 10.7. The molecule has 0 aliphatic rings. The molecule has 212 valence electrons. The van der Waals surface area contributed by atoms with E-state index in [1.165, 1.54) is 25.7 Å². The summed E-state index contributed by atoms with van der Waals surface area (Å²) in [5, 5.41) is 0. The number of hydrogen-bond acceptors (Lipinski definition) is 6. The highest BCUT2D eigenvalue weighted by atomic mass is 32.2. The van der Waals surface area contributed by atoms with Gasteiger partial charge in [-0.05, 0) is 12.8 Å². The minimum absolute atomic E-state index is 1.15. The van der Waals surface area contributed by atoms with Crippen molar-refractivity contribution in [3.8, 4) is 0 Å². The lowest BCUT2D eigenvalue weighted by atomic mass is 10.3. The van der Waals surface area contributed by atoms with E-state index in [0.717, 1.165) is 13.1 Å². The molecule has 0 aliphatic heterocycles. The van der Waals surface area contributed by atoms with Gasteiger partial charge in [-0.15, -0.1) is 0 Å². The maximum atomic E-state index is 10.7. The Balaban J connectivity index is 0. The maximum Gasteiger partial charge on any atom is 0.485 e. The Bertz CT molecular complexity index is 994. The summed E-state index contributed by atoms with van der Waals surface area (Å²) in [5.74, 6) is 0. The number of alkyl halides is 6. The van der Waals surface area contributed by atoms with Gasteiger partial charge in [0.05, 0.1) is 27.2 Å². The van der Waals surface area contributed by atoms with Crippen molar-refractivity contribution in [2.45, 2.75) is 63.6 Å². The predicted molar refractivity (Wildman–Crippen MR) is 113 cm³/mol. The second-order valence-corrected chi connectivity index (χ2v) is 9.88. The lowest BCUT2D eigenvalue weighted by Gasteiger charge is -2.08. The van der Waals surface area contributed by atoms with Crippen LogP contribution in [0.4, 0.5) is 26.3 Å². The number of halogens is 6. The highest BCUT2D eigenvalue weighted by Crippen LogP contribution is 2.21. The van der Waals surface area contributed by atoms with Gasteiger partial charge in [0, 0.05) is 0 Å². The zero-order chi connectivity index (χ0) is 28.8. The van der Waals surface area contributed by atoms with Crippen molar-refractivity contribution in [2.75, 3.05) is 0 Å². The summed E-state index contributed by atoms with van der Waals surface area (Å²) in [6, 6.07) is 0. The third-order valence-corrected chi connectivity index (χ3v) is 4.89. The Morgan fingerprint density at radius 2 is 0.944 bits per heavy atom. The van der Waals surface area contributed by atoms with E-state index in [2.05, 4.69) is 69.6 Å². The Labute approximate surface area is 206 Å². The number of aryl methyl sites for hydroxylation is 4. The number of nitrogens with zero attached hydrogens (tertiary/aromatic N) is 4. The number of unbranched alkanes of at least 4 members (excludes halogenated alkanes) is 2. The minimum atomic E-state index is -6.09. The van der Waals surface area contributed by atoms with E-state index < -0.39 is 31.3 Å². The first-order valence-electron chi connectivity index (χ1n) is 10.2. The van der Waals surface area contributed by atoms with Crippen LogP contribution in [0.25, 0.3) is 0 Å². The zero-order valence-corrected chi connectivity index (χ0v) is 21.7. The van der Waals surface area contributed by atoms with Crippen molar-refractivity contribution < 1.29 is 61.4 Å². The number of rotatable bonds is 6. The smallest absolute Gasteiger partial charge is 0.485 e. The molecule has 0 N–H and O–H groups in total. The van der Waals surface area contributed by atoms with Gasteiger partial charge >= 0.3 is 11.0 Å². The molecule has 18 heteroatoms. The lowest BCUT2D eigenvalue weighted by molar-refractivity contribution is -0.671. The molecule has 36 heavy (non-hydrogen) atoms. The molecule has 0 fully saturated rings. The van der Waals surface area contributed by atoms with Gasteiger partial charge in [-0.1, -0.05) is 26.7 Å². The molecular weight excluding hydrogens is 546 g/mol. The van der Waals surface area contributed by atoms with Gasteiger partial charge < -0.3 is 9.11 Å². The van der Waals surface area contributed by atoms with E-state index in [1.54, 1.807) is 0 Å². The van der Waals surface area contributed by atoms with Crippen LogP contribution in [0.3, 0.4) is 0 Å². The summed E-state index contributed by atoms with van der Waals surface area (Å²) in [6.07, 6.45) is 17.6. The minimum Gasteiger partial charge on any atom is -0.741 e. The molecule has 0 spiro atoms. The van der Waals surface area contributed by atoms with Gasteiger partial charge in [0.15, 0.2) is 20.2 Å². The van der Waals surface area contributed by atoms with Crippen LogP contribution in [-0.2, 0) is 47.4 Å². The summed E-state index contributed by atoms with van der Waals surface area (Å²) in [5.41, 5.74) is -11.3. The number of imidazole rings is 2. The van der Waals surface area contributed by atoms with Crippen LogP contribution >= 0.6 is 0 Å². The van der Waals surface area contributed by atoms with E-state index in [4.69, 9.17) is 25.9 Å². The van der Waals surface area contributed by atoms with E-state index in [9.17, 15) is 26.3 Å². The molecule has 0 aromatic carbocycles. The number of aromatic nitrogens is 4. The summed E-state index contributed by atoms with van der Waals surface area (Å²) in [6.45, 7) is 6.72. The van der Waals surface area contributed by atoms with Crippen molar-refractivity contribution in [2.24, 2.45) is 14.1 Å². The fourth-order valence-electron chi connectivity index (χ4n) is 1.95. The van der Waals surface area contributed by atoms with Crippen molar-refractivity contribution in [1.82, 2.24) is 9.13 Å². The molecule has 2 aromatic heterocycles. The van der Waals surface area contributed by atoms with Crippen LogP contribution in [-0.4, -0.2) is 46.1 Å². The van der Waals surface area contributed by atoms with E-state index in [0.29, 0.717) is 0 Å². The first-order chi connectivity index (χ1) is 16.2. The van der Waals surface area contributed by atoms with Gasteiger partial charge in [0.25, 0.3) is 0 Å². The molecule has 0 atom stereocenters. The van der Waals surface area contributed by atoms with Crippen LogP contribution in [0, 0.1) is 0 Å². The monoisotopic (exact) mass is 576 g/mol. The predicted octanol–water partition coefficient (Wildman–Crippen LogP) is 2.33. The molecule has 2 heterocycles. The highest BCUT2D eigenvalue weighted by Gasteiger charge is 2.37. The molecule has 2 aromatic rings. The Hall–Kier alpha value is -2.18. The molecule has 10 nitrogen and oxygen atoms in total. The number of hydrogen-bond donors (Lipinski definition) is 0. The van der Waals surface area contributed by atoms with Crippen molar-refractivity contribution in [3.05, 3.63) is 37.4 Å². The SMILES string of the molecule is CCCCn1cc[n+](C)c1.CCCCn1cc[n+](C)c1.O=S(=O)([O-])C(F)(F)F.O=S(=O)([O-])C(F)(F)F. The van der Waals surface area contributed by atoms with Crippen molar-refractivity contribution in [3.63, 3.8) is 0 Å². The van der Waals surface area contributed by atoms with Crippen LogP contribution in [0.15, 0.2) is 37.4 Å². The molecule has 2 rings (SSSR count). The summed E-state index contributed by atoms with van der Waals surface area (Å²) in [4.78, 5) is 0. The summed E-state index contributed by atoms with van der Waals surface area (Å²) < 4.78 is 126. The quantitative estimate of drug-likeness (QED) is 0.225. The van der Waals surface area contributed by atoms with Crippen LogP contribution in [0.5, 0.6) is 0 Å². The van der Waals surface area contributed by atoms with Gasteiger partial charge in [-0.3, -0.25) is 0 Å².